The van der Waals surface area contributed by atoms with Crippen LogP contribution in [0, 0.1) is 0 Å². The molecule has 1 heterocycles. The van der Waals surface area contributed by atoms with E-state index in [1.165, 1.54) is 0 Å². The molecule has 0 saturated carbocycles. The Labute approximate surface area is 139 Å². The van der Waals surface area contributed by atoms with Gasteiger partial charge < -0.3 is 14.4 Å². The molecule has 1 unspecified atom stereocenters. The second-order valence-corrected chi connectivity index (χ2v) is 6.82. The minimum atomic E-state index is -0.489. The number of carbonyl (C=O) groups excluding carboxylic acids is 1. The quantitative estimate of drug-likeness (QED) is 0.757. The molecule has 23 heavy (non-hydrogen) atoms. The van der Waals surface area contributed by atoms with Gasteiger partial charge in [-0.2, -0.15) is 0 Å². The first-order chi connectivity index (χ1) is 10.9. The third kappa shape index (κ3) is 4.75. The summed E-state index contributed by atoms with van der Waals surface area (Å²) in [5.41, 5.74) is 0.586. The summed E-state index contributed by atoms with van der Waals surface area (Å²) in [5.74, 6) is 0. The highest BCUT2D eigenvalue weighted by molar-refractivity contribution is 5.69. The average Bonchev–Trinajstić information content (AvgIpc) is 2.96. The molecular weight excluding hydrogens is 290 g/mol. The Kier molecular flexibility index (Phi) is 5.69. The molecule has 2 rings (SSSR count). The number of likely N-dealkylation sites (tertiary alicyclic amines) is 1. The van der Waals surface area contributed by atoms with Gasteiger partial charge in [-0.3, -0.25) is 0 Å². The predicted molar refractivity (Wildman–Crippen MR) is 91.0 cm³/mol. The predicted octanol–water partition coefficient (Wildman–Crippen LogP) is 4.68. The number of allylic oxidation sites excluding steroid dienone is 1. The van der Waals surface area contributed by atoms with Gasteiger partial charge in [0.2, 0.25) is 0 Å². The van der Waals surface area contributed by atoms with E-state index in [1.807, 2.05) is 69.0 Å². The van der Waals surface area contributed by atoms with Crippen molar-refractivity contribution in [1.29, 1.82) is 0 Å². The van der Waals surface area contributed by atoms with Crippen LogP contribution in [-0.2, 0) is 9.47 Å². The maximum Gasteiger partial charge on any atom is 0.410 e. The van der Waals surface area contributed by atoms with Crippen LogP contribution in [0.15, 0.2) is 42.7 Å². The van der Waals surface area contributed by atoms with Crippen LogP contribution in [0.2, 0.25) is 0 Å². The molecule has 126 valence electrons. The molecule has 1 aliphatic rings. The largest absolute Gasteiger partial charge is 0.492 e. The van der Waals surface area contributed by atoms with Gasteiger partial charge in [-0.15, -0.1) is 0 Å². The number of hydrogen-bond donors (Lipinski definition) is 0. The third-order valence-electron chi connectivity index (χ3n) is 3.77. The van der Waals surface area contributed by atoms with Crippen LogP contribution >= 0.6 is 0 Å². The lowest BCUT2D eigenvalue weighted by Crippen LogP contribution is -2.42. The zero-order valence-corrected chi connectivity index (χ0v) is 14.5. The van der Waals surface area contributed by atoms with Crippen molar-refractivity contribution < 1.29 is 14.3 Å². The van der Waals surface area contributed by atoms with Crippen LogP contribution in [0.25, 0.3) is 0 Å². The Balaban J connectivity index is 2.21. The maximum absolute atomic E-state index is 12.5. The van der Waals surface area contributed by atoms with Crippen molar-refractivity contribution in [1.82, 2.24) is 4.90 Å². The minimum Gasteiger partial charge on any atom is -0.492 e. The Morgan fingerprint density at radius 1 is 1.30 bits per heavy atom. The van der Waals surface area contributed by atoms with E-state index in [0.29, 0.717) is 6.54 Å². The molecule has 2 atom stereocenters. The van der Waals surface area contributed by atoms with Gasteiger partial charge in [-0.05, 0) is 46.1 Å². The fraction of sp³-hybridized carbons (Fsp3) is 0.526. The SMILES string of the molecule is CC=COC(c1ccccc1)[C@@H]1CCCN1C(=O)OC(C)(C)C. The maximum atomic E-state index is 12.5. The van der Waals surface area contributed by atoms with Crippen molar-refractivity contribution in [3.05, 3.63) is 48.2 Å². The van der Waals surface area contributed by atoms with Gasteiger partial charge in [0.1, 0.15) is 11.7 Å². The van der Waals surface area contributed by atoms with E-state index in [1.54, 1.807) is 6.26 Å². The van der Waals surface area contributed by atoms with Crippen LogP contribution in [0.1, 0.15) is 52.2 Å². The van der Waals surface area contributed by atoms with E-state index < -0.39 is 5.60 Å². The first-order valence-corrected chi connectivity index (χ1v) is 8.23. The van der Waals surface area contributed by atoms with E-state index in [4.69, 9.17) is 9.47 Å². The molecule has 1 amide bonds. The molecule has 1 aromatic rings. The summed E-state index contributed by atoms with van der Waals surface area (Å²) >= 11 is 0. The van der Waals surface area contributed by atoms with E-state index in [9.17, 15) is 4.79 Å². The Morgan fingerprint density at radius 2 is 2.00 bits per heavy atom. The van der Waals surface area contributed by atoms with Gasteiger partial charge >= 0.3 is 6.09 Å². The Morgan fingerprint density at radius 3 is 2.61 bits per heavy atom. The molecule has 1 aromatic carbocycles. The molecule has 0 aromatic heterocycles. The average molecular weight is 317 g/mol. The van der Waals surface area contributed by atoms with Gasteiger partial charge in [0.25, 0.3) is 0 Å². The molecule has 1 aliphatic heterocycles. The number of benzene rings is 1. The summed E-state index contributed by atoms with van der Waals surface area (Å²) in [4.78, 5) is 14.3. The summed E-state index contributed by atoms with van der Waals surface area (Å²) in [6.45, 7) is 8.30. The number of ether oxygens (including phenoxy) is 2. The lowest BCUT2D eigenvalue weighted by Gasteiger charge is -2.33. The molecule has 0 spiro atoms. The summed E-state index contributed by atoms with van der Waals surface area (Å²) in [5, 5.41) is 0. The molecule has 0 radical (unpaired) electrons. The Bertz CT molecular complexity index is 533. The van der Waals surface area contributed by atoms with Crippen molar-refractivity contribution in [2.45, 2.75) is 58.3 Å². The smallest absolute Gasteiger partial charge is 0.410 e. The van der Waals surface area contributed by atoms with Crippen LogP contribution in [-0.4, -0.2) is 29.2 Å². The molecule has 1 saturated heterocycles. The van der Waals surface area contributed by atoms with Gasteiger partial charge in [-0.25, -0.2) is 4.79 Å². The van der Waals surface area contributed by atoms with E-state index in [-0.39, 0.29) is 18.2 Å². The van der Waals surface area contributed by atoms with Crippen LogP contribution in [0.4, 0.5) is 4.79 Å². The van der Waals surface area contributed by atoms with Crippen LogP contribution in [0.5, 0.6) is 0 Å². The third-order valence-corrected chi connectivity index (χ3v) is 3.77. The summed E-state index contributed by atoms with van der Waals surface area (Å²) < 4.78 is 11.5. The normalized spacial score (nSPS) is 19.8. The second kappa shape index (κ2) is 7.53. The zero-order chi connectivity index (χ0) is 16.9. The standard InChI is InChI=1S/C19H27NO3/c1-5-14-22-17(15-10-7-6-8-11-15)16-12-9-13-20(16)18(21)23-19(2,3)4/h5-8,10-11,14,16-17H,9,12-13H2,1-4H3/t16-,17?/m0/s1. The lowest BCUT2D eigenvalue weighted by molar-refractivity contribution is 0.00195. The monoisotopic (exact) mass is 317 g/mol. The van der Waals surface area contributed by atoms with E-state index in [0.717, 1.165) is 18.4 Å². The number of carbonyl (C=O) groups is 1. The van der Waals surface area contributed by atoms with Crippen LogP contribution in [0.3, 0.4) is 0 Å². The van der Waals surface area contributed by atoms with Crippen molar-refractivity contribution in [3.8, 4) is 0 Å². The first kappa shape index (κ1) is 17.4. The molecule has 4 heteroatoms. The molecule has 0 bridgehead atoms. The van der Waals surface area contributed by atoms with E-state index >= 15 is 0 Å². The van der Waals surface area contributed by atoms with Gasteiger partial charge in [0.15, 0.2) is 0 Å². The van der Waals surface area contributed by atoms with Crippen molar-refractivity contribution in [3.63, 3.8) is 0 Å². The minimum absolute atomic E-state index is 0.0107. The number of nitrogens with zero attached hydrogens (tertiary/aromatic N) is 1. The second-order valence-electron chi connectivity index (χ2n) is 6.82. The lowest BCUT2D eigenvalue weighted by atomic mass is 10.0. The highest BCUT2D eigenvalue weighted by atomic mass is 16.6. The molecule has 0 N–H and O–H groups in total. The highest BCUT2D eigenvalue weighted by Gasteiger charge is 2.38. The van der Waals surface area contributed by atoms with Gasteiger partial charge in [-0.1, -0.05) is 36.4 Å². The zero-order valence-electron chi connectivity index (χ0n) is 14.5. The topological polar surface area (TPSA) is 38.8 Å². The van der Waals surface area contributed by atoms with Crippen molar-refractivity contribution in [2.75, 3.05) is 6.54 Å². The molecular formula is C19H27NO3. The van der Waals surface area contributed by atoms with E-state index in [2.05, 4.69) is 0 Å². The molecule has 1 fully saturated rings. The highest BCUT2D eigenvalue weighted by Crippen LogP contribution is 2.33. The number of rotatable bonds is 4. The van der Waals surface area contributed by atoms with Gasteiger partial charge in [0, 0.05) is 6.54 Å². The fourth-order valence-corrected chi connectivity index (χ4v) is 2.85. The van der Waals surface area contributed by atoms with Crippen LogP contribution < -0.4 is 0 Å². The fourth-order valence-electron chi connectivity index (χ4n) is 2.85. The van der Waals surface area contributed by atoms with Gasteiger partial charge in [0.05, 0.1) is 12.3 Å². The number of hydrogen-bond acceptors (Lipinski definition) is 3. The number of amides is 1. The summed E-state index contributed by atoms with van der Waals surface area (Å²) in [7, 11) is 0. The van der Waals surface area contributed by atoms with Crippen molar-refractivity contribution >= 4 is 6.09 Å². The summed E-state index contributed by atoms with van der Waals surface area (Å²) in [6.07, 6.45) is 5.00. The van der Waals surface area contributed by atoms with Crippen molar-refractivity contribution in [2.24, 2.45) is 0 Å². The molecule has 4 nitrogen and oxygen atoms in total. The Hall–Kier alpha value is -1.97. The first-order valence-electron chi connectivity index (χ1n) is 8.23. The molecule has 0 aliphatic carbocycles. The summed E-state index contributed by atoms with van der Waals surface area (Å²) in [6, 6.07) is 10.0.